The molecule has 5 heteroatoms. The van der Waals surface area contributed by atoms with Crippen molar-refractivity contribution in [3.05, 3.63) is 35.8 Å². The zero-order chi connectivity index (χ0) is 13.7. The van der Waals surface area contributed by atoms with Crippen LogP contribution in [0.4, 0.5) is 0 Å². The average Bonchev–Trinajstić information content (AvgIpc) is 2.87. The highest BCUT2D eigenvalue weighted by molar-refractivity contribution is 5.61. The molecule has 1 N–H and O–H groups in total. The van der Waals surface area contributed by atoms with Crippen molar-refractivity contribution in [1.29, 1.82) is 5.26 Å². The van der Waals surface area contributed by atoms with Gasteiger partial charge in [0.1, 0.15) is 11.8 Å². The normalized spacial score (nSPS) is 10.6. The van der Waals surface area contributed by atoms with Gasteiger partial charge >= 0.3 is 0 Å². The number of pyridine rings is 1. The van der Waals surface area contributed by atoms with Crippen LogP contribution in [0.3, 0.4) is 0 Å². The molecule has 0 radical (unpaired) electrons. The summed E-state index contributed by atoms with van der Waals surface area (Å²) in [7, 11) is 2.09. The first kappa shape index (κ1) is 13.2. The first-order chi connectivity index (χ1) is 9.24. The largest absolute Gasteiger partial charge is 0.302 e. The molecule has 5 nitrogen and oxygen atoms in total. The quantitative estimate of drug-likeness (QED) is 0.889. The predicted octanol–water partition coefficient (Wildman–Crippen LogP) is 2.19. The second-order valence-electron chi connectivity index (χ2n) is 4.54. The summed E-state index contributed by atoms with van der Waals surface area (Å²) in [6, 6.07) is 5.61. The van der Waals surface area contributed by atoms with Crippen LogP contribution in [0, 0.1) is 11.3 Å². The van der Waals surface area contributed by atoms with Gasteiger partial charge in [-0.3, -0.25) is 5.10 Å². The van der Waals surface area contributed by atoms with E-state index in [4.69, 9.17) is 5.26 Å². The molecular formula is C14H17N5. The SMILES string of the molecule is CCCN(C)Cc1c[nH]nc1-c1ccc(C#N)nc1. The van der Waals surface area contributed by atoms with E-state index < -0.39 is 0 Å². The van der Waals surface area contributed by atoms with Gasteiger partial charge in [-0.05, 0) is 32.1 Å². The van der Waals surface area contributed by atoms with Gasteiger partial charge in [0.05, 0.1) is 5.69 Å². The third kappa shape index (κ3) is 3.18. The second-order valence-corrected chi connectivity index (χ2v) is 4.54. The molecule has 0 aliphatic heterocycles. The third-order valence-electron chi connectivity index (χ3n) is 2.92. The Morgan fingerprint density at radius 3 is 2.89 bits per heavy atom. The molecule has 0 aromatic carbocycles. The number of hydrogen-bond donors (Lipinski definition) is 1. The van der Waals surface area contributed by atoms with E-state index >= 15 is 0 Å². The third-order valence-corrected chi connectivity index (χ3v) is 2.92. The van der Waals surface area contributed by atoms with Crippen LogP contribution in [0.15, 0.2) is 24.5 Å². The molecule has 2 heterocycles. The van der Waals surface area contributed by atoms with Crippen molar-refractivity contribution < 1.29 is 0 Å². The number of hydrogen-bond acceptors (Lipinski definition) is 4. The molecule has 0 amide bonds. The molecule has 98 valence electrons. The summed E-state index contributed by atoms with van der Waals surface area (Å²) in [6.07, 6.45) is 4.74. The maximum Gasteiger partial charge on any atom is 0.140 e. The van der Waals surface area contributed by atoms with Crippen LogP contribution in [0.5, 0.6) is 0 Å². The van der Waals surface area contributed by atoms with Crippen LogP contribution in [-0.4, -0.2) is 33.7 Å². The Labute approximate surface area is 112 Å². The Kier molecular flexibility index (Phi) is 4.26. The van der Waals surface area contributed by atoms with Crippen LogP contribution in [0.25, 0.3) is 11.3 Å². The Balaban J connectivity index is 2.21. The van der Waals surface area contributed by atoms with E-state index in [9.17, 15) is 0 Å². The van der Waals surface area contributed by atoms with Gasteiger partial charge in [0, 0.05) is 30.1 Å². The highest BCUT2D eigenvalue weighted by atomic mass is 15.1. The maximum atomic E-state index is 8.75. The monoisotopic (exact) mass is 255 g/mol. The minimum absolute atomic E-state index is 0.420. The molecule has 0 saturated carbocycles. The lowest BCUT2D eigenvalue weighted by Gasteiger charge is -2.15. The Morgan fingerprint density at radius 2 is 2.26 bits per heavy atom. The lowest BCUT2D eigenvalue weighted by Crippen LogP contribution is -2.18. The standard InChI is InChI=1S/C14H17N5/c1-3-6-19(2)10-12-9-17-18-14(12)11-4-5-13(7-15)16-8-11/h4-5,8-9H,3,6,10H2,1-2H3,(H,17,18). The number of nitriles is 1. The van der Waals surface area contributed by atoms with Crippen molar-refractivity contribution in [3.63, 3.8) is 0 Å². The van der Waals surface area contributed by atoms with Gasteiger partial charge in [-0.2, -0.15) is 10.4 Å². The van der Waals surface area contributed by atoms with Crippen LogP contribution in [-0.2, 0) is 6.54 Å². The van der Waals surface area contributed by atoms with Gasteiger partial charge in [0.2, 0.25) is 0 Å². The summed E-state index contributed by atoms with van der Waals surface area (Å²) in [5, 5.41) is 15.9. The number of H-pyrrole nitrogens is 1. The Hall–Kier alpha value is -2.19. The topological polar surface area (TPSA) is 68.6 Å². The van der Waals surface area contributed by atoms with Gasteiger partial charge in [-0.15, -0.1) is 0 Å². The van der Waals surface area contributed by atoms with Crippen molar-refractivity contribution in [2.24, 2.45) is 0 Å². The van der Waals surface area contributed by atoms with Crippen molar-refractivity contribution in [2.75, 3.05) is 13.6 Å². The molecule has 0 atom stereocenters. The number of nitrogens with zero attached hydrogens (tertiary/aromatic N) is 4. The number of aromatic amines is 1. The lowest BCUT2D eigenvalue weighted by molar-refractivity contribution is 0.328. The Morgan fingerprint density at radius 1 is 1.42 bits per heavy atom. The average molecular weight is 255 g/mol. The van der Waals surface area contributed by atoms with E-state index in [0.717, 1.165) is 36.3 Å². The summed E-state index contributed by atoms with van der Waals surface area (Å²) < 4.78 is 0. The first-order valence-electron chi connectivity index (χ1n) is 6.32. The molecule has 2 aromatic heterocycles. The summed E-state index contributed by atoms with van der Waals surface area (Å²) in [5.74, 6) is 0. The number of rotatable bonds is 5. The van der Waals surface area contributed by atoms with Gasteiger partial charge in [-0.25, -0.2) is 4.98 Å². The van der Waals surface area contributed by atoms with Crippen molar-refractivity contribution in [3.8, 4) is 17.3 Å². The minimum atomic E-state index is 0.420. The summed E-state index contributed by atoms with van der Waals surface area (Å²) in [4.78, 5) is 6.34. The summed E-state index contributed by atoms with van der Waals surface area (Å²) in [5.41, 5.74) is 3.39. The number of aromatic nitrogens is 3. The van der Waals surface area contributed by atoms with E-state index in [2.05, 4.69) is 34.1 Å². The molecule has 0 fully saturated rings. The molecule has 0 aliphatic rings. The van der Waals surface area contributed by atoms with Crippen LogP contribution >= 0.6 is 0 Å². The van der Waals surface area contributed by atoms with Crippen LogP contribution < -0.4 is 0 Å². The molecule has 2 aromatic rings. The minimum Gasteiger partial charge on any atom is -0.302 e. The fourth-order valence-corrected chi connectivity index (χ4v) is 2.04. The maximum absolute atomic E-state index is 8.75. The number of nitrogens with one attached hydrogen (secondary N) is 1. The lowest BCUT2D eigenvalue weighted by atomic mass is 10.1. The van der Waals surface area contributed by atoms with E-state index in [1.165, 1.54) is 0 Å². The molecule has 2 rings (SSSR count). The Bertz CT molecular complexity index is 564. The highest BCUT2D eigenvalue weighted by Gasteiger charge is 2.10. The van der Waals surface area contributed by atoms with Gasteiger partial charge < -0.3 is 4.90 Å². The van der Waals surface area contributed by atoms with Crippen molar-refractivity contribution >= 4 is 0 Å². The van der Waals surface area contributed by atoms with Crippen LogP contribution in [0.2, 0.25) is 0 Å². The summed E-state index contributed by atoms with van der Waals surface area (Å²) >= 11 is 0. The van der Waals surface area contributed by atoms with Crippen molar-refractivity contribution in [1.82, 2.24) is 20.1 Å². The zero-order valence-electron chi connectivity index (χ0n) is 11.2. The molecule has 0 bridgehead atoms. The van der Waals surface area contributed by atoms with Gasteiger partial charge in [-0.1, -0.05) is 6.92 Å². The summed E-state index contributed by atoms with van der Waals surface area (Å²) in [6.45, 7) is 4.06. The smallest absolute Gasteiger partial charge is 0.140 e. The molecular weight excluding hydrogens is 238 g/mol. The van der Waals surface area contributed by atoms with Crippen molar-refractivity contribution in [2.45, 2.75) is 19.9 Å². The van der Waals surface area contributed by atoms with E-state index in [0.29, 0.717) is 5.69 Å². The molecule has 0 unspecified atom stereocenters. The van der Waals surface area contributed by atoms with E-state index in [1.807, 2.05) is 18.3 Å². The zero-order valence-corrected chi connectivity index (χ0v) is 11.2. The highest BCUT2D eigenvalue weighted by Crippen LogP contribution is 2.21. The molecule has 19 heavy (non-hydrogen) atoms. The molecule has 0 spiro atoms. The molecule has 0 aliphatic carbocycles. The predicted molar refractivity (Wildman–Crippen MR) is 73.2 cm³/mol. The van der Waals surface area contributed by atoms with E-state index in [-0.39, 0.29) is 0 Å². The van der Waals surface area contributed by atoms with Crippen LogP contribution in [0.1, 0.15) is 24.6 Å². The fraction of sp³-hybridized carbons (Fsp3) is 0.357. The van der Waals surface area contributed by atoms with Gasteiger partial charge in [0.15, 0.2) is 0 Å². The van der Waals surface area contributed by atoms with Gasteiger partial charge in [0.25, 0.3) is 0 Å². The first-order valence-corrected chi connectivity index (χ1v) is 6.32. The molecule has 0 saturated heterocycles. The second kappa shape index (κ2) is 6.12. The van der Waals surface area contributed by atoms with E-state index in [1.54, 1.807) is 12.3 Å². The fourth-order valence-electron chi connectivity index (χ4n) is 2.04.